The molecule has 0 heterocycles. The average Bonchev–Trinajstić information content (AvgIpc) is 1.94. The minimum atomic E-state index is 0.157. The van der Waals surface area contributed by atoms with Crippen molar-refractivity contribution in [3.8, 4) is 6.07 Å². The van der Waals surface area contributed by atoms with Crippen LogP contribution in [0.15, 0.2) is 24.3 Å². The maximum Gasteiger partial charge on any atom is 0.0628 e. The molecular weight excluding hydrogens is 134 g/mol. The molecule has 1 aliphatic carbocycles. The molecule has 0 fully saturated rings. The van der Waals surface area contributed by atoms with E-state index in [1.54, 1.807) is 0 Å². The van der Waals surface area contributed by atoms with E-state index in [9.17, 15) is 0 Å². The van der Waals surface area contributed by atoms with Gasteiger partial charge in [-0.15, -0.1) is 0 Å². The van der Waals surface area contributed by atoms with Crippen LogP contribution in [0.5, 0.6) is 0 Å². The lowest BCUT2D eigenvalue weighted by Crippen LogP contribution is -2.21. The summed E-state index contributed by atoms with van der Waals surface area (Å²) >= 11 is 0. The van der Waals surface area contributed by atoms with Crippen molar-refractivity contribution in [2.24, 2.45) is 11.3 Å². The maximum atomic E-state index is 8.54. The summed E-state index contributed by atoms with van der Waals surface area (Å²) in [7, 11) is 0. The first-order valence-corrected chi connectivity index (χ1v) is 3.90. The van der Waals surface area contributed by atoms with Gasteiger partial charge in [0.1, 0.15) is 0 Å². The quantitative estimate of drug-likeness (QED) is 0.559. The Hall–Kier alpha value is -1.03. The highest BCUT2D eigenvalue weighted by molar-refractivity contribution is 5.18. The van der Waals surface area contributed by atoms with Crippen LogP contribution < -0.4 is 0 Å². The fourth-order valence-corrected chi connectivity index (χ4v) is 1.30. The lowest BCUT2D eigenvalue weighted by Gasteiger charge is -2.29. The molecule has 1 rings (SSSR count). The second-order valence-corrected chi connectivity index (χ2v) is 3.53. The summed E-state index contributed by atoms with van der Waals surface area (Å²) in [5, 5.41) is 8.54. The number of nitriles is 1. The third kappa shape index (κ3) is 1.71. The topological polar surface area (TPSA) is 23.8 Å². The molecule has 0 radical (unpaired) electrons. The molecule has 1 atom stereocenters. The van der Waals surface area contributed by atoms with Crippen LogP contribution in [0.25, 0.3) is 0 Å². The molecule has 0 aromatic heterocycles. The summed E-state index contributed by atoms with van der Waals surface area (Å²) in [5.41, 5.74) is 0.157. The lowest BCUT2D eigenvalue weighted by atomic mass is 9.75. The van der Waals surface area contributed by atoms with E-state index in [1.165, 1.54) is 0 Å². The van der Waals surface area contributed by atoms with E-state index < -0.39 is 0 Å². The number of hydrogen-bond donors (Lipinski definition) is 0. The third-order valence-electron chi connectivity index (χ3n) is 2.25. The molecule has 1 heteroatoms. The highest BCUT2D eigenvalue weighted by atomic mass is 14.3. The second-order valence-electron chi connectivity index (χ2n) is 3.53. The molecule has 0 saturated heterocycles. The first-order chi connectivity index (χ1) is 5.17. The molecule has 11 heavy (non-hydrogen) atoms. The van der Waals surface area contributed by atoms with E-state index in [0.717, 1.165) is 0 Å². The Kier molecular flexibility index (Phi) is 2.14. The number of nitrogens with zero attached hydrogens (tertiary/aromatic N) is 1. The molecule has 0 bridgehead atoms. The van der Waals surface area contributed by atoms with Gasteiger partial charge in [0.05, 0.1) is 6.07 Å². The van der Waals surface area contributed by atoms with Crippen LogP contribution in [-0.2, 0) is 0 Å². The Morgan fingerprint density at radius 1 is 1.45 bits per heavy atom. The average molecular weight is 147 g/mol. The fourth-order valence-electron chi connectivity index (χ4n) is 1.30. The molecule has 1 unspecified atom stereocenters. The van der Waals surface area contributed by atoms with Crippen molar-refractivity contribution in [1.29, 1.82) is 5.26 Å². The van der Waals surface area contributed by atoms with E-state index in [4.69, 9.17) is 5.26 Å². The van der Waals surface area contributed by atoms with Gasteiger partial charge in [-0.2, -0.15) is 5.26 Å². The first kappa shape index (κ1) is 8.07. The van der Waals surface area contributed by atoms with Crippen LogP contribution in [0.2, 0.25) is 0 Å². The van der Waals surface area contributed by atoms with Crippen LogP contribution in [-0.4, -0.2) is 0 Å². The van der Waals surface area contributed by atoms with Crippen molar-refractivity contribution in [1.82, 2.24) is 0 Å². The molecular formula is C10H13N. The van der Waals surface area contributed by atoms with Crippen LogP contribution in [0, 0.1) is 22.7 Å². The van der Waals surface area contributed by atoms with Gasteiger partial charge < -0.3 is 0 Å². The molecule has 0 amide bonds. The van der Waals surface area contributed by atoms with Crippen molar-refractivity contribution in [3.05, 3.63) is 24.3 Å². The van der Waals surface area contributed by atoms with Gasteiger partial charge in [0.25, 0.3) is 0 Å². The van der Waals surface area contributed by atoms with Crippen molar-refractivity contribution >= 4 is 0 Å². The molecule has 0 aliphatic heterocycles. The summed E-state index contributed by atoms with van der Waals surface area (Å²) < 4.78 is 0. The Bertz CT molecular complexity index is 228. The van der Waals surface area contributed by atoms with Gasteiger partial charge >= 0.3 is 0 Å². The van der Waals surface area contributed by atoms with E-state index in [0.29, 0.717) is 12.3 Å². The van der Waals surface area contributed by atoms with Crippen molar-refractivity contribution in [2.45, 2.75) is 20.3 Å². The zero-order chi connectivity index (χ0) is 8.32. The van der Waals surface area contributed by atoms with E-state index in [2.05, 4.69) is 32.1 Å². The highest BCUT2D eigenvalue weighted by Crippen LogP contribution is 2.34. The van der Waals surface area contributed by atoms with Crippen LogP contribution >= 0.6 is 0 Å². The van der Waals surface area contributed by atoms with Crippen LogP contribution in [0.3, 0.4) is 0 Å². The fraction of sp³-hybridized carbons (Fsp3) is 0.500. The maximum absolute atomic E-state index is 8.54. The Morgan fingerprint density at radius 3 is 2.73 bits per heavy atom. The van der Waals surface area contributed by atoms with Crippen LogP contribution in [0.1, 0.15) is 20.3 Å². The minimum absolute atomic E-state index is 0.157. The highest BCUT2D eigenvalue weighted by Gasteiger charge is 2.25. The molecule has 0 aromatic rings. The lowest BCUT2D eigenvalue weighted by molar-refractivity contribution is 0.344. The zero-order valence-corrected chi connectivity index (χ0v) is 7.04. The van der Waals surface area contributed by atoms with Gasteiger partial charge in [-0.25, -0.2) is 0 Å². The molecule has 58 valence electrons. The predicted molar refractivity (Wildman–Crippen MR) is 45.8 cm³/mol. The number of hydrogen-bond acceptors (Lipinski definition) is 1. The smallest absolute Gasteiger partial charge is 0.0628 e. The van der Waals surface area contributed by atoms with E-state index in [1.807, 2.05) is 12.2 Å². The van der Waals surface area contributed by atoms with Gasteiger partial charge in [-0.05, 0) is 11.3 Å². The number of allylic oxidation sites excluding steroid dienone is 4. The molecule has 0 N–H and O–H groups in total. The van der Waals surface area contributed by atoms with Crippen molar-refractivity contribution < 1.29 is 0 Å². The molecule has 1 aliphatic rings. The molecule has 0 saturated carbocycles. The Labute approximate surface area is 68.0 Å². The molecule has 1 nitrogen and oxygen atoms in total. The summed E-state index contributed by atoms with van der Waals surface area (Å²) in [6, 6.07) is 2.21. The van der Waals surface area contributed by atoms with Gasteiger partial charge in [0.2, 0.25) is 0 Å². The summed E-state index contributed by atoms with van der Waals surface area (Å²) in [6.45, 7) is 4.32. The number of rotatable bonds is 1. The molecule has 0 spiro atoms. The van der Waals surface area contributed by atoms with Gasteiger partial charge in [-0.1, -0.05) is 38.2 Å². The summed E-state index contributed by atoms with van der Waals surface area (Å²) in [5.74, 6) is 0.387. The Balaban J connectivity index is 2.73. The SMILES string of the molecule is CC1(C)C=CC=CC1CC#N. The third-order valence-corrected chi connectivity index (χ3v) is 2.25. The van der Waals surface area contributed by atoms with Gasteiger partial charge in [0, 0.05) is 6.42 Å². The van der Waals surface area contributed by atoms with Gasteiger partial charge in [-0.3, -0.25) is 0 Å². The standard InChI is InChI=1S/C10H13N/c1-10(2)7-4-3-5-9(10)6-8-11/h3-5,7,9H,6H2,1-2H3. The Morgan fingerprint density at radius 2 is 2.18 bits per heavy atom. The predicted octanol–water partition coefficient (Wildman–Crippen LogP) is 2.67. The van der Waals surface area contributed by atoms with Crippen molar-refractivity contribution in [3.63, 3.8) is 0 Å². The monoisotopic (exact) mass is 147 g/mol. The zero-order valence-electron chi connectivity index (χ0n) is 7.04. The first-order valence-electron chi connectivity index (χ1n) is 3.90. The summed E-state index contributed by atoms with van der Waals surface area (Å²) in [4.78, 5) is 0. The van der Waals surface area contributed by atoms with Gasteiger partial charge in [0.15, 0.2) is 0 Å². The van der Waals surface area contributed by atoms with Crippen LogP contribution in [0.4, 0.5) is 0 Å². The molecule has 0 aromatic carbocycles. The van der Waals surface area contributed by atoms with Crippen molar-refractivity contribution in [2.75, 3.05) is 0 Å². The second kappa shape index (κ2) is 2.92. The minimum Gasteiger partial charge on any atom is -0.198 e. The summed E-state index contributed by atoms with van der Waals surface area (Å²) in [6.07, 6.45) is 8.97. The van der Waals surface area contributed by atoms with E-state index >= 15 is 0 Å². The normalized spacial score (nSPS) is 26.5. The van der Waals surface area contributed by atoms with E-state index in [-0.39, 0.29) is 5.41 Å². The largest absolute Gasteiger partial charge is 0.198 e.